The van der Waals surface area contributed by atoms with Gasteiger partial charge < -0.3 is 10.5 Å². The second-order valence-corrected chi connectivity index (χ2v) is 7.51. The summed E-state index contributed by atoms with van der Waals surface area (Å²) in [6.45, 7) is 5.60. The summed E-state index contributed by atoms with van der Waals surface area (Å²) in [4.78, 5) is 12.1. The number of alkyl halides is 2. The number of amides is 1. The van der Waals surface area contributed by atoms with Crippen molar-refractivity contribution >= 4 is 11.8 Å². The van der Waals surface area contributed by atoms with Crippen molar-refractivity contribution in [3.8, 4) is 0 Å². The highest BCUT2D eigenvalue weighted by molar-refractivity contribution is 5.86. The van der Waals surface area contributed by atoms with Crippen molar-refractivity contribution in [1.29, 1.82) is 0 Å². The van der Waals surface area contributed by atoms with Crippen molar-refractivity contribution < 1.29 is 18.3 Å². The fourth-order valence-electron chi connectivity index (χ4n) is 3.15. The standard InChI is InChI=1S/C18H26F2N2O2/c1-16(2,3)24-15(23)22-14-7-5-4-6-13(14)17(12-21)8-10-18(19,20)11-9-17/h4-7H,8-12,21H2,1-3H3,(H,22,23). The number of nitrogens with one attached hydrogen (secondary N) is 1. The zero-order chi connectivity index (χ0) is 18.0. The molecule has 2 rings (SSSR count). The molecule has 0 aliphatic heterocycles. The molecular weight excluding hydrogens is 314 g/mol. The van der Waals surface area contributed by atoms with E-state index in [4.69, 9.17) is 10.5 Å². The number of nitrogens with two attached hydrogens (primary N) is 1. The number of carbonyl (C=O) groups excluding carboxylic acids is 1. The van der Waals surface area contributed by atoms with E-state index in [1.807, 2.05) is 12.1 Å². The molecule has 0 unspecified atom stereocenters. The van der Waals surface area contributed by atoms with Gasteiger partial charge >= 0.3 is 6.09 Å². The van der Waals surface area contributed by atoms with Crippen LogP contribution in [-0.2, 0) is 10.2 Å². The zero-order valence-electron chi connectivity index (χ0n) is 14.5. The van der Waals surface area contributed by atoms with Crippen LogP contribution in [0, 0.1) is 0 Å². The summed E-state index contributed by atoms with van der Waals surface area (Å²) in [6, 6.07) is 7.23. The molecule has 0 bridgehead atoms. The maximum Gasteiger partial charge on any atom is 0.412 e. The third kappa shape index (κ3) is 4.44. The lowest BCUT2D eigenvalue weighted by Crippen LogP contribution is -2.42. The molecule has 0 saturated heterocycles. The van der Waals surface area contributed by atoms with Crippen LogP contribution in [0.2, 0.25) is 0 Å². The minimum Gasteiger partial charge on any atom is -0.444 e. The first-order valence-electron chi connectivity index (χ1n) is 8.24. The van der Waals surface area contributed by atoms with Crippen molar-refractivity contribution in [1.82, 2.24) is 0 Å². The molecule has 24 heavy (non-hydrogen) atoms. The van der Waals surface area contributed by atoms with Crippen LogP contribution < -0.4 is 11.1 Å². The maximum atomic E-state index is 13.6. The number of anilines is 1. The van der Waals surface area contributed by atoms with Crippen molar-refractivity contribution in [2.24, 2.45) is 5.73 Å². The van der Waals surface area contributed by atoms with Crippen LogP contribution >= 0.6 is 0 Å². The Kier molecular flexibility index (Phi) is 5.18. The van der Waals surface area contributed by atoms with Crippen molar-refractivity contribution in [3.05, 3.63) is 29.8 Å². The van der Waals surface area contributed by atoms with E-state index in [-0.39, 0.29) is 19.4 Å². The summed E-state index contributed by atoms with van der Waals surface area (Å²) in [5, 5.41) is 2.74. The van der Waals surface area contributed by atoms with Crippen molar-refractivity contribution in [3.63, 3.8) is 0 Å². The van der Waals surface area contributed by atoms with E-state index in [2.05, 4.69) is 5.32 Å². The Bertz CT molecular complexity index is 587. The van der Waals surface area contributed by atoms with Gasteiger partial charge in [0.15, 0.2) is 0 Å². The van der Waals surface area contributed by atoms with E-state index in [1.54, 1.807) is 32.9 Å². The summed E-state index contributed by atoms with van der Waals surface area (Å²) in [7, 11) is 0. The van der Waals surface area contributed by atoms with E-state index in [9.17, 15) is 13.6 Å². The van der Waals surface area contributed by atoms with Crippen LogP contribution in [0.1, 0.15) is 52.0 Å². The molecule has 1 saturated carbocycles. The van der Waals surface area contributed by atoms with Gasteiger partial charge in [0.05, 0.1) is 0 Å². The van der Waals surface area contributed by atoms with E-state index < -0.39 is 23.0 Å². The van der Waals surface area contributed by atoms with Gasteiger partial charge in [-0.2, -0.15) is 0 Å². The van der Waals surface area contributed by atoms with E-state index in [1.165, 1.54) is 0 Å². The molecule has 0 atom stereocenters. The lowest BCUT2D eigenvalue weighted by molar-refractivity contribution is -0.0508. The fraction of sp³-hybridized carbons (Fsp3) is 0.611. The third-order valence-electron chi connectivity index (χ3n) is 4.46. The molecule has 0 heterocycles. The van der Waals surface area contributed by atoms with Gasteiger partial charge in [0, 0.05) is 30.5 Å². The van der Waals surface area contributed by atoms with Crippen LogP contribution in [0.25, 0.3) is 0 Å². The van der Waals surface area contributed by atoms with Crippen LogP contribution in [-0.4, -0.2) is 24.2 Å². The highest BCUT2D eigenvalue weighted by Crippen LogP contribution is 2.46. The summed E-state index contributed by atoms with van der Waals surface area (Å²) in [6.07, 6.45) is -0.355. The van der Waals surface area contributed by atoms with E-state index in [0.717, 1.165) is 5.56 Å². The number of carbonyl (C=O) groups is 1. The molecule has 1 aromatic carbocycles. The largest absolute Gasteiger partial charge is 0.444 e. The van der Waals surface area contributed by atoms with Gasteiger partial charge in [0.2, 0.25) is 5.92 Å². The molecule has 1 aromatic rings. The number of para-hydroxylation sites is 1. The minimum atomic E-state index is -2.63. The lowest BCUT2D eigenvalue weighted by atomic mass is 9.68. The molecule has 4 nitrogen and oxygen atoms in total. The maximum absolute atomic E-state index is 13.6. The van der Waals surface area contributed by atoms with Crippen LogP contribution in [0.5, 0.6) is 0 Å². The van der Waals surface area contributed by atoms with Gasteiger partial charge in [-0.3, -0.25) is 5.32 Å². The first kappa shape index (κ1) is 18.6. The Morgan fingerprint density at radius 3 is 2.33 bits per heavy atom. The van der Waals surface area contributed by atoms with Crippen LogP contribution in [0.4, 0.5) is 19.3 Å². The lowest BCUT2D eigenvalue weighted by Gasteiger charge is -2.40. The second kappa shape index (κ2) is 6.67. The number of hydrogen-bond donors (Lipinski definition) is 2. The summed E-state index contributed by atoms with van der Waals surface area (Å²) < 4.78 is 32.4. The molecule has 134 valence electrons. The molecule has 1 fully saturated rings. The van der Waals surface area contributed by atoms with Gasteiger partial charge in [0.1, 0.15) is 5.60 Å². The average molecular weight is 340 g/mol. The molecule has 1 amide bonds. The second-order valence-electron chi connectivity index (χ2n) is 7.51. The monoisotopic (exact) mass is 340 g/mol. The number of benzene rings is 1. The number of ether oxygens (including phenoxy) is 1. The van der Waals surface area contributed by atoms with Crippen LogP contribution in [0.15, 0.2) is 24.3 Å². The fourth-order valence-corrected chi connectivity index (χ4v) is 3.15. The molecule has 0 radical (unpaired) electrons. The Morgan fingerprint density at radius 2 is 1.79 bits per heavy atom. The summed E-state index contributed by atoms with van der Waals surface area (Å²) in [5.74, 6) is -2.63. The quantitative estimate of drug-likeness (QED) is 0.855. The molecule has 3 N–H and O–H groups in total. The minimum absolute atomic E-state index is 0.190. The number of rotatable bonds is 3. The van der Waals surface area contributed by atoms with Crippen molar-refractivity contribution in [2.75, 3.05) is 11.9 Å². The first-order chi connectivity index (χ1) is 11.1. The Hall–Kier alpha value is -1.69. The van der Waals surface area contributed by atoms with Crippen molar-refractivity contribution in [2.45, 2.75) is 63.4 Å². The predicted molar refractivity (Wildman–Crippen MR) is 90.4 cm³/mol. The Morgan fingerprint density at radius 1 is 1.21 bits per heavy atom. The zero-order valence-corrected chi connectivity index (χ0v) is 14.5. The summed E-state index contributed by atoms with van der Waals surface area (Å²) in [5.41, 5.74) is 6.18. The Labute approximate surface area is 141 Å². The van der Waals surface area contributed by atoms with Gasteiger partial charge in [-0.15, -0.1) is 0 Å². The molecular formula is C18H26F2N2O2. The molecule has 1 aliphatic carbocycles. The predicted octanol–water partition coefficient (Wildman–Crippen LogP) is 4.44. The first-order valence-corrected chi connectivity index (χ1v) is 8.24. The van der Waals surface area contributed by atoms with Crippen LogP contribution in [0.3, 0.4) is 0 Å². The molecule has 1 aliphatic rings. The topological polar surface area (TPSA) is 64.3 Å². The molecule has 0 aromatic heterocycles. The molecule has 0 spiro atoms. The number of halogens is 2. The highest BCUT2D eigenvalue weighted by atomic mass is 19.3. The van der Waals surface area contributed by atoms with Gasteiger partial charge in [0.25, 0.3) is 0 Å². The highest BCUT2D eigenvalue weighted by Gasteiger charge is 2.44. The van der Waals surface area contributed by atoms with Gasteiger partial charge in [-0.25, -0.2) is 13.6 Å². The average Bonchev–Trinajstić information content (AvgIpc) is 2.47. The van der Waals surface area contributed by atoms with Gasteiger partial charge in [-0.1, -0.05) is 18.2 Å². The normalized spacial score (nSPS) is 19.6. The third-order valence-corrected chi connectivity index (χ3v) is 4.46. The summed E-state index contributed by atoms with van der Waals surface area (Å²) >= 11 is 0. The van der Waals surface area contributed by atoms with Gasteiger partial charge in [-0.05, 0) is 45.2 Å². The Balaban J connectivity index is 2.26. The molecule has 6 heteroatoms. The van der Waals surface area contributed by atoms with E-state index >= 15 is 0 Å². The van der Waals surface area contributed by atoms with E-state index in [0.29, 0.717) is 18.5 Å². The smallest absolute Gasteiger partial charge is 0.412 e. The SMILES string of the molecule is CC(C)(C)OC(=O)Nc1ccccc1C1(CN)CCC(F)(F)CC1. The number of hydrogen-bond acceptors (Lipinski definition) is 3.